The molecule has 1 N–H and O–H groups in total. The lowest BCUT2D eigenvalue weighted by Gasteiger charge is -2.33. The van der Waals surface area contributed by atoms with E-state index in [9.17, 15) is 0 Å². The predicted octanol–water partition coefficient (Wildman–Crippen LogP) is 3.58. The Balaban J connectivity index is 1.64. The summed E-state index contributed by atoms with van der Waals surface area (Å²) in [7, 11) is 0. The summed E-state index contributed by atoms with van der Waals surface area (Å²) in [4.78, 5) is 2.67. The molecule has 1 aromatic carbocycles. The van der Waals surface area contributed by atoms with Gasteiger partial charge in [0.05, 0.1) is 0 Å². The van der Waals surface area contributed by atoms with Crippen LogP contribution in [0.3, 0.4) is 0 Å². The van der Waals surface area contributed by atoms with Crippen LogP contribution in [0.15, 0.2) is 30.3 Å². The number of piperidine rings is 1. The molecular formula is C19H32N2. The van der Waals surface area contributed by atoms with Gasteiger partial charge in [0.2, 0.25) is 0 Å². The van der Waals surface area contributed by atoms with Gasteiger partial charge in [0.25, 0.3) is 0 Å². The van der Waals surface area contributed by atoms with Crippen LogP contribution in [0.5, 0.6) is 0 Å². The van der Waals surface area contributed by atoms with Gasteiger partial charge in [-0.25, -0.2) is 0 Å². The summed E-state index contributed by atoms with van der Waals surface area (Å²) < 4.78 is 0. The third-order valence-electron chi connectivity index (χ3n) is 4.56. The summed E-state index contributed by atoms with van der Waals surface area (Å²) in [5, 5.41) is 3.54. The van der Waals surface area contributed by atoms with Crippen LogP contribution in [-0.4, -0.2) is 37.6 Å². The van der Waals surface area contributed by atoms with E-state index in [0.717, 1.165) is 24.9 Å². The van der Waals surface area contributed by atoms with Crippen LogP contribution in [0.25, 0.3) is 0 Å². The highest BCUT2D eigenvalue weighted by molar-refractivity contribution is 5.15. The number of hydrogen-bond acceptors (Lipinski definition) is 2. The molecule has 1 fully saturated rings. The molecule has 21 heavy (non-hydrogen) atoms. The van der Waals surface area contributed by atoms with Crippen LogP contribution < -0.4 is 5.32 Å². The Morgan fingerprint density at radius 1 is 1.19 bits per heavy atom. The van der Waals surface area contributed by atoms with E-state index in [2.05, 4.69) is 54.4 Å². The summed E-state index contributed by atoms with van der Waals surface area (Å²) in [5.74, 6) is 1.65. The van der Waals surface area contributed by atoms with Crippen molar-refractivity contribution < 1.29 is 0 Å². The zero-order valence-corrected chi connectivity index (χ0v) is 13.9. The van der Waals surface area contributed by atoms with E-state index in [1.165, 1.54) is 50.9 Å². The zero-order valence-electron chi connectivity index (χ0n) is 13.9. The largest absolute Gasteiger partial charge is 0.316 e. The highest BCUT2D eigenvalue weighted by atomic mass is 15.1. The molecule has 1 aliphatic heterocycles. The van der Waals surface area contributed by atoms with Crippen LogP contribution in [0.2, 0.25) is 0 Å². The normalized spacial score (nSPS) is 18.8. The van der Waals surface area contributed by atoms with Crippen molar-refractivity contribution in [3.8, 4) is 0 Å². The summed E-state index contributed by atoms with van der Waals surface area (Å²) in [5.41, 5.74) is 1.51. The Kier molecular flexibility index (Phi) is 7.25. The number of rotatable bonds is 8. The molecule has 0 amide bonds. The lowest BCUT2D eigenvalue weighted by molar-refractivity contribution is 0.163. The molecule has 0 saturated carbocycles. The molecule has 2 rings (SSSR count). The molecule has 0 aliphatic carbocycles. The maximum Gasteiger partial charge on any atom is 0.00191 e. The van der Waals surface area contributed by atoms with Crippen molar-refractivity contribution in [3.05, 3.63) is 35.9 Å². The third kappa shape index (κ3) is 6.19. The van der Waals surface area contributed by atoms with E-state index in [4.69, 9.17) is 0 Å². The fourth-order valence-electron chi connectivity index (χ4n) is 3.35. The monoisotopic (exact) mass is 288 g/mol. The Bertz CT molecular complexity index is 368. The molecule has 0 bridgehead atoms. The van der Waals surface area contributed by atoms with E-state index in [0.29, 0.717) is 0 Å². The molecule has 0 aromatic heterocycles. The smallest absolute Gasteiger partial charge is 0.00191 e. The van der Waals surface area contributed by atoms with Gasteiger partial charge in [-0.05, 0) is 69.3 Å². The molecule has 2 heteroatoms. The number of nitrogens with one attached hydrogen (secondary N) is 1. The van der Waals surface area contributed by atoms with Gasteiger partial charge in [-0.15, -0.1) is 0 Å². The van der Waals surface area contributed by atoms with Crippen LogP contribution in [0.4, 0.5) is 0 Å². The molecule has 118 valence electrons. The Labute approximate surface area is 130 Å². The zero-order chi connectivity index (χ0) is 14.9. The maximum absolute atomic E-state index is 3.54. The van der Waals surface area contributed by atoms with Gasteiger partial charge >= 0.3 is 0 Å². The first-order valence-electron chi connectivity index (χ1n) is 8.75. The minimum absolute atomic E-state index is 0.766. The van der Waals surface area contributed by atoms with E-state index < -0.39 is 0 Å². The Hall–Kier alpha value is -0.860. The first-order chi connectivity index (χ1) is 10.3. The van der Waals surface area contributed by atoms with Crippen molar-refractivity contribution in [1.82, 2.24) is 10.2 Å². The highest BCUT2D eigenvalue weighted by Crippen LogP contribution is 2.22. The third-order valence-corrected chi connectivity index (χ3v) is 4.56. The van der Waals surface area contributed by atoms with E-state index in [1.807, 2.05) is 0 Å². The van der Waals surface area contributed by atoms with Crippen molar-refractivity contribution in [2.75, 3.05) is 32.7 Å². The number of benzene rings is 1. The molecule has 0 radical (unpaired) electrons. The summed E-state index contributed by atoms with van der Waals surface area (Å²) in [6.07, 6.45) is 5.23. The number of likely N-dealkylation sites (tertiary alicyclic amines) is 1. The second-order valence-corrected chi connectivity index (χ2v) is 6.74. The summed E-state index contributed by atoms with van der Waals surface area (Å²) >= 11 is 0. The lowest BCUT2D eigenvalue weighted by atomic mass is 9.90. The molecule has 1 atom stereocenters. The fraction of sp³-hybridized carbons (Fsp3) is 0.684. The van der Waals surface area contributed by atoms with E-state index in [-0.39, 0.29) is 0 Å². The number of nitrogens with zero attached hydrogens (tertiary/aromatic N) is 1. The second-order valence-electron chi connectivity index (χ2n) is 6.74. The summed E-state index contributed by atoms with van der Waals surface area (Å²) in [6.45, 7) is 10.8. The molecule has 1 heterocycles. The molecule has 1 unspecified atom stereocenters. The first kappa shape index (κ1) is 16.5. The van der Waals surface area contributed by atoms with Crippen molar-refractivity contribution in [2.24, 2.45) is 11.8 Å². The minimum Gasteiger partial charge on any atom is -0.316 e. The second kappa shape index (κ2) is 9.22. The Morgan fingerprint density at radius 3 is 2.57 bits per heavy atom. The molecule has 0 spiro atoms. The molecule has 1 aromatic rings. The van der Waals surface area contributed by atoms with Crippen LogP contribution >= 0.6 is 0 Å². The van der Waals surface area contributed by atoms with E-state index in [1.54, 1.807) is 0 Å². The fourth-order valence-corrected chi connectivity index (χ4v) is 3.35. The van der Waals surface area contributed by atoms with Gasteiger partial charge < -0.3 is 10.2 Å². The van der Waals surface area contributed by atoms with Gasteiger partial charge in [0.15, 0.2) is 0 Å². The SMILES string of the molecule is CCCNCC(C)CN1CCC(Cc2ccccc2)CC1. The molecule has 1 aliphatic rings. The van der Waals surface area contributed by atoms with Crippen molar-refractivity contribution in [1.29, 1.82) is 0 Å². The van der Waals surface area contributed by atoms with Gasteiger partial charge in [0, 0.05) is 6.54 Å². The molecular weight excluding hydrogens is 256 g/mol. The maximum atomic E-state index is 3.54. The van der Waals surface area contributed by atoms with Crippen LogP contribution in [0, 0.1) is 11.8 Å². The van der Waals surface area contributed by atoms with Crippen molar-refractivity contribution in [2.45, 2.75) is 39.5 Å². The van der Waals surface area contributed by atoms with Gasteiger partial charge in [-0.1, -0.05) is 44.2 Å². The molecule has 2 nitrogen and oxygen atoms in total. The van der Waals surface area contributed by atoms with Gasteiger partial charge in [-0.2, -0.15) is 0 Å². The average Bonchev–Trinajstić information content (AvgIpc) is 2.51. The van der Waals surface area contributed by atoms with Gasteiger partial charge in [-0.3, -0.25) is 0 Å². The topological polar surface area (TPSA) is 15.3 Å². The van der Waals surface area contributed by atoms with Gasteiger partial charge in [0.1, 0.15) is 0 Å². The predicted molar refractivity (Wildman–Crippen MR) is 91.6 cm³/mol. The van der Waals surface area contributed by atoms with E-state index >= 15 is 0 Å². The molecule has 1 saturated heterocycles. The first-order valence-corrected chi connectivity index (χ1v) is 8.75. The standard InChI is InChI=1S/C19H32N2/c1-3-11-20-15-17(2)16-21-12-9-19(10-13-21)14-18-7-5-4-6-8-18/h4-8,17,19-20H,3,9-16H2,1-2H3. The van der Waals surface area contributed by atoms with Crippen molar-refractivity contribution in [3.63, 3.8) is 0 Å². The van der Waals surface area contributed by atoms with Crippen LogP contribution in [-0.2, 0) is 6.42 Å². The summed E-state index contributed by atoms with van der Waals surface area (Å²) in [6, 6.07) is 11.0. The average molecular weight is 288 g/mol. The number of hydrogen-bond donors (Lipinski definition) is 1. The lowest BCUT2D eigenvalue weighted by Crippen LogP contribution is -2.39. The minimum atomic E-state index is 0.766. The highest BCUT2D eigenvalue weighted by Gasteiger charge is 2.20. The quantitative estimate of drug-likeness (QED) is 0.736. The Morgan fingerprint density at radius 2 is 1.90 bits per heavy atom. The van der Waals surface area contributed by atoms with Crippen molar-refractivity contribution >= 4 is 0 Å². The van der Waals surface area contributed by atoms with Crippen LogP contribution in [0.1, 0.15) is 38.7 Å².